The van der Waals surface area contributed by atoms with E-state index in [1.54, 1.807) is 43.8 Å². The van der Waals surface area contributed by atoms with Crippen LogP contribution in [-0.4, -0.2) is 28.3 Å². The average molecular weight is 381 g/mol. The van der Waals surface area contributed by atoms with Crippen LogP contribution in [-0.2, 0) is 4.79 Å². The van der Waals surface area contributed by atoms with Gasteiger partial charge in [0.05, 0.1) is 12.9 Å². The van der Waals surface area contributed by atoms with E-state index in [0.717, 1.165) is 23.0 Å². The molecular formula is C20H19N3O3S. The predicted octanol–water partition coefficient (Wildman–Crippen LogP) is 3.28. The Morgan fingerprint density at radius 3 is 2.70 bits per heavy atom. The Kier molecular flexibility index (Phi) is 5.93. The zero-order valence-electron chi connectivity index (χ0n) is 15.0. The van der Waals surface area contributed by atoms with Crippen molar-refractivity contribution in [3.05, 3.63) is 76.8 Å². The van der Waals surface area contributed by atoms with Crippen molar-refractivity contribution in [1.82, 2.24) is 9.55 Å². The maximum atomic E-state index is 12.7. The molecule has 1 N–H and O–H groups in total. The van der Waals surface area contributed by atoms with E-state index >= 15 is 0 Å². The molecule has 3 aromatic rings. The summed E-state index contributed by atoms with van der Waals surface area (Å²) in [6, 6.07) is 14.7. The fourth-order valence-corrected chi connectivity index (χ4v) is 3.18. The molecule has 1 amide bonds. The smallest absolute Gasteiger partial charge is 0.287 e. The molecule has 0 aliphatic rings. The molecule has 1 heterocycles. The Morgan fingerprint density at radius 1 is 1.22 bits per heavy atom. The lowest BCUT2D eigenvalue weighted by atomic mass is 10.2. The number of ether oxygens (including phenoxy) is 1. The predicted molar refractivity (Wildman–Crippen MR) is 107 cm³/mol. The summed E-state index contributed by atoms with van der Waals surface area (Å²) in [5.41, 5.74) is 2.25. The normalized spacial score (nSPS) is 10.4. The van der Waals surface area contributed by atoms with Crippen molar-refractivity contribution in [3.63, 3.8) is 0 Å². The standard InChI is InChI=1S/C20H19N3O3S/c1-14-4-3-5-16(12-14)23-11-10-21-19(20(23)25)27-13-18(24)22-15-6-8-17(26-2)9-7-15/h3-12H,13H2,1-2H3,(H,22,24). The van der Waals surface area contributed by atoms with Crippen LogP contribution >= 0.6 is 11.8 Å². The van der Waals surface area contributed by atoms with Crippen molar-refractivity contribution in [1.29, 1.82) is 0 Å². The largest absolute Gasteiger partial charge is 0.497 e. The van der Waals surface area contributed by atoms with Crippen molar-refractivity contribution in [3.8, 4) is 11.4 Å². The van der Waals surface area contributed by atoms with Gasteiger partial charge in [0, 0.05) is 23.8 Å². The summed E-state index contributed by atoms with van der Waals surface area (Å²) in [6.07, 6.45) is 3.19. The molecular weight excluding hydrogens is 362 g/mol. The zero-order chi connectivity index (χ0) is 19.2. The number of methoxy groups -OCH3 is 1. The number of aromatic nitrogens is 2. The van der Waals surface area contributed by atoms with E-state index in [0.29, 0.717) is 11.4 Å². The van der Waals surface area contributed by atoms with Crippen LogP contribution in [0.2, 0.25) is 0 Å². The first-order chi connectivity index (χ1) is 13.1. The summed E-state index contributed by atoms with van der Waals surface area (Å²) in [4.78, 5) is 28.9. The second-order valence-electron chi connectivity index (χ2n) is 5.81. The molecule has 0 spiro atoms. The molecule has 0 aliphatic heterocycles. The number of thioether (sulfide) groups is 1. The van der Waals surface area contributed by atoms with E-state index < -0.39 is 0 Å². The van der Waals surface area contributed by atoms with Gasteiger partial charge in [-0.15, -0.1) is 0 Å². The lowest BCUT2D eigenvalue weighted by Crippen LogP contribution is -2.22. The SMILES string of the molecule is COc1ccc(NC(=O)CSc2nccn(-c3cccc(C)c3)c2=O)cc1. The van der Waals surface area contributed by atoms with Gasteiger partial charge in [0.15, 0.2) is 5.03 Å². The summed E-state index contributed by atoms with van der Waals surface area (Å²) >= 11 is 1.11. The van der Waals surface area contributed by atoms with Gasteiger partial charge in [0.2, 0.25) is 5.91 Å². The fraction of sp³-hybridized carbons (Fsp3) is 0.150. The summed E-state index contributed by atoms with van der Waals surface area (Å²) in [6.45, 7) is 1.97. The van der Waals surface area contributed by atoms with Crippen LogP contribution in [0.5, 0.6) is 5.75 Å². The van der Waals surface area contributed by atoms with Gasteiger partial charge in [-0.1, -0.05) is 23.9 Å². The van der Waals surface area contributed by atoms with Gasteiger partial charge >= 0.3 is 0 Å². The number of nitrogens with one attached hydrogen (secondary N) is 1. The van der Waals surface area contributed by atoms with Crippen LogP contribution in [0.3, 0.4) is 0 Å². The maximum absolute atomic E-state index is 12.7. The average Bonchev–Trinajstić information content (AvgIpc) is 2.68. The number of anilines is 1. The summed E-state index contributed by atoms with van der Waals surface area (Å²) < 4.78 is 6.62. The number of nitrogens with zero attached hydrogens (tertiary/aromatic N) is 2. The molecule has 138 valence electrons. The van der Waals surface area contributed by atoms with E-state index in [1.165, 1.54) is 4.57 Å². The minimum Gasteiger partial charge on any atom is -0.497 e. The van der Waals surface area contributed by atoms with Crippen molar-refractivity contribution in [2.24, 2.45) is 0 Å². The Hall–Kier alpha value is -3.06. The number of hydrogen-bond donors (Lipinski definition) is 1. The van der Waals surface area contributed by atoms with Crippen molar-refractivity contribution in [2.75, 3.05) is 18.2 Å². The van der Waals surface area contributed by atoms with E-state index in [9.17, 15) is 9.59 Å². The van der Waals surface area contributed by atoms with Gasteiger partial charge in [0.1, 0.15) is 5.75 Å². The maximum Gasteiger partial charge on any atom is 0.287 e. The third-order valence-electron chi connectivity index (χ3n) is 3.80. The number of aryl methyl sites for hydroxylation is 1. The monoisotopic (exact) mass is 381 g/mol. The second-order valence-corrected chi connectivity index (χ2v) is 6.78. The molecule has 0 saturated carbocycles. The highest BCUT2D eigenvalue weighted by Gasteiger charge is 2.10. The number of carbonyl (C=O) groups excluding carboxylic acids is 1. The first kappa shape index (κ1) is 18.7. The third kappa shape index (κ3) is 4.77. The molecule has 3 rings (SSSR count). The van der Waals surface area contributed by atoms with Crippen LogP contribution in [0.25, 0.3) is 5.69 Å². The number of hydrogen-bond acceptors (Lipinski definition) is 5. The number of rotatable bonds is 6. The van der Waals surface area contributed by atoms with E-state index in [-0.39, 0.29) is 22.2 Å². The summed E-state index contributed by atoms with van der Waals surface area (Å²) in [5.74, 6) is 0.594. The minimum absolute atomic E-state index is 0.0894. The van der Waals surface area contributed by atoms with Crippen molar-refractivity contribution >= 4 is 23.4 Å². The number of benzene rings is 2. The topological polar surface area (TPSA) is 73.2 Å². The lowest BCUT2D eigenvalue weighted by Gasteiger charge is -2.08. The van der Waals surface area contributed by atoms with Gasteiger partial charge in [-0.05, 0) is 48.9 Å². The highest BCUT2D eigenvalue weighted by Crippen LogP contribution is 2.17. The molecule has 0 saturated heterocycles. The molecule has 27 heavy (non-hydrogen) atoms. The molecule has 0 radical (unpaired) electrons. The van der Waals surface area contributed by atoms with Crippen LogP contribution in [0.15, 0.2) is 70.7 Å². The van der Waals surface area contributed by atoms with Crippen molar-refractivity contribution < 1.29 is 9.53 Å². The van der Waals surface area contributed by atoms with E-state index in [1.807, 2.05) is 31.2 Å². The Labute approximate surface area is 161 Å². The van der Waals surface area contributed by atoms with E-state index in [4.69, 9.17) is 4.74 Å². The molecule has 1 aromatic heterocycles. The van der Waals surface area contributed by atoms with Crippen molar-refractivity contribution in [2.45, 2.75) is 11.9 Å². The highest BCUT2D eigenvalue weighted by atomic mass is 32.2. The molecule has 7 heteroatoms. The second kappa shape index (κ2) is 8.55. The quantitative estimate of drug-likeness (QED) is 0.664. The van der Waals surface area contributed by atoms with Crippen LogP contribution in [0, 0.1) is 6.92 Å². The van der Waals surface area contributed by atoms with Crippen LogP contribution in [0.4, 0.5) is 5.69 Å². The Balaban J connectivity index is 1.68. The molecule has 2 aromatic carbocycles. The molecule has 0 atom stereocenters. The molecule has 0 fully saturated rings. The van der Waals surface area contributed by atoms with E-state index in [2.05, 4.69) is 10.3 Å². The lowest BCUT2D eigenvalue weighted by molar-refractivity contribution is -0.113. The molecule has 0 aliphatic carbocycles. The highest BCUT2D eigenvalue weighted by molar-refractivity contribution is 7.99. The van der Waals surface area contributed by atoms with Crippen LogP contribution < -0.4 is 15.6 Å². The van der Waals surface area contributed by atoms with Gasteiger partial charge in [0.25, 0.3) is 5.56 Å². The van der Waals surface area contributed by atoms with Gasteiger partial charge in [-0.25, -0.2) is 4.98 Å². The molecule has 6 nitrogen and oxygen atoms in total. The number of carbonyl (C=O) groups is 1. The van der Waals surface area contributed by atoms with Crippen LogP contribution in [0.1, 0.15) is 5.56 Å². The Bertz CT molecular complexity index is 1000. The van der Waals surface area contributed by atoms with Gasteiger partial charge in [-0.2, -0.15) is 0 Å². The zero-order valence-corrected chi connectivity index (χ0v) is 15.8. The van der Waals surface area contributed by atoms with Gasteiger partial charge < -0.3 is 10.1 Å². The first-order valence-corrected chi connectivity index (χ1v) is 9.27. The Morgan fingerprint density at radius 2 is 2.00 bits per heavy atom. The molecule has 0 bridgehead atoms. The first-order valence-electron chi connectivity index (χ1n) is 8.28. The third-order valence-corrected chi connectivity index (χ3v) is 4.76. The summed E-state index contributed by atoms with van der Waals surface area (Å²) in [7, 11) is 1.58. The fourth-order valence-electron chi connectivity index (χ4n) is 2.48. The minimum atomic E-state index is -0.245. The summed E-state index contributed by atoms with van der Waals surface area (Å²) in [5, 5.41) is 3.07. The molecule has 0 unspecified atom stereocenters. The number of amides is 1. The van der Waals surface area contributed by atoms with Gasteiger partial charge in [-0.3, -0.25) is 14.2 Å².